The zero-order valence-electron chi connectivity index (χ0n) is 8.95. The van der Waals surface area contributed by atoms with Crippen molar-refractivity contribution in [3.8, 4) is 0 Å². The first-order chi connectivity index (χ1) is 8.06. The van der Waals surface area contributed by atoms with Crippen molar-refractivity contribution in [1.82, 2.24) is 9.78 Å². The third-order valence-corrected chi connectivity index (χ3v) is 2.45. The largest absolute Gasteiger partial charge is 0.319 e. The lowest BCUT2D eigenvalue weighted by molar-refractivity contribution is 0.102. The average molecular weight is 254 g/mol. The molecule has 2 rings (SSSR count). The maximum Gasteiger partial charge on any atom is 0.257 e. The number of aromatic nitrogens is 2. The monoisotopic (exact) mass is 253 g/mol. The van der Waals surface area contributed by atoms with Crippen LogP contribution < -0.4 is 5.32 Å². The standard InChI is InChI=1S/C11H9ClFN3O/c1-16-6-8(5-14-16)15-11(17)9-3-2-7(13)4-10(9)12/h2-6H,1H3,(H,15,17). The highest BCUT2D eigenvalue weighted by atomic mass is 35.5. The molecule has 1 amide bonds. The molecule has 0 saturated heterocycles. The molecular formula is C11H9ClFN3O. The third-order valence-electron chi connectivity index (χ3n) is 2.14. The minimum absolute atomic E-state index is 0.0754. The molecule has 0 atom stereocenters. The van der Waals surface area contributed by atoms with Crippen molar-refractivity contribution >= 4 is 23.2 Å². The highest BCUT2D eigenvalue weighted by Gasteiger charge is 2.11. The number of rotatable bonds is 2. The highest BCUT2D eigenvalue weighted by Crippen LogP contribution is 2.18. The molecular weight excluding hydrogens is 245 g/mol. The van der Waals surface area contributed by atoms with E-state index >= 15 is 0 Å². The maximum absolute atomic E-state index is 12.8. The molecule has 88 valence electrons. The van der Waals surface area contributed by atoms with Gasteiger partial charge in [0.2, 0.25) is 0 Å². The first-order valence-corrected chi connectivity index (χ1v) is 5.19. The van der Waals surface area contributed by atoms with Crippen LogP contribution >= 0.6 is 11.6 Å². The normalized spacial score (nSPS) is 10.3. The van der Waals surface area contributed by atoms with Gasteiger partial charge in [0.05, 0.1) is 22.5 Å². The number of aryl methyl sites for hydroxylation is 1. The molecule has 0 unspecified atom stereocenters. The van der Waals surface area contributed by atoms with Crippen LogP contribution in [0.4, 0.5) is 10.1 Å². The Kier molecular flexibility index (Phi) is 3.10. The van der Waals surface area contributed by atoms with Gasteiger partial charge >= 0.3 is 0 Å². The topological polar surface area (TPSA) is 46.9 Å². The van der Waals surface area contributed by atoms with Crippen molar-refractivity contribution in [3.05, 3.63) is 47.0 Å². The lowest BCUT2D eigenvalue weighted by Crippen LogP contribution is -2.12. The minimum Gasteiger partial charge on any atom is -0.319 e. The fourth-order valence-corrected chi connectivity index (χ4v) is 1.61. The van der Waals surface area contributed by atoms with Gasteiger partial charge in [0, 0.05) is 13.2 Å². The number of amides is 1. The van der Waals surface area contributed by atoms with Gasteiger partial charge in [0.25, 0.3) is 5.91 Å². The van der Waals surface area contributed by atoms with E-state index in [9.17, 15) is 9.18 Å². The molecule has 0 aliphatic heterocycles. The van der Waals surface area contributed by atoms with Crippen molar-refractivity contribution in [2.45, 2.75) is 0 Å². The Labute approximate surface area is 102 Å². The van der Waals surface area contributed by atoms with E-state index in [0.29, 0.717) is 5.69 Å². The van der Waals surface area contributed by atoms with E-state index in [1.165, 1.54) is 18.3 Å². The average Bonchev–Trinajstić information content (AvgIpc) is 2.63. The Balaban J connectivity index is 2.20. The number of halogens is 2. The van der Waals surface area contributed by atoms with Crippen LogP contribution in [0.3, 0.4) is 0 Å². The summed E-state index contributed by atoms with van der Waals surface area (Å²) in [6.45, 7) is 0. The Hall–Kier alpha value is -1.88. The van der Waals surface area contributed by atoms with Crippen LogP contribution in [0.2, 0.25) is 5.02 Å². The quantitative estimate of drug-likeness (QED) is 0.894. The van der Waals surface area contributed by atoms with Crippen LogP contribution in [0, 0.1) is 5.82 Å². The van der Waals surface area contributed by atoms with Gasteiger partial charge < -0.3 is 5.32 Å². The number of carbonyl (C=O) groups is 1. The minimum atomic E-state index is -0.479. The number of anilines is 1. The van der Waals surface area contributed by atoms with Crippen molar-refractivity contribution < 1.29 is 9.18 Å². The van der Waals surface area contributed by atoms with Crippen LogP contribution in [-0.4, -0.2) is 15.7 Å². The molecule has 1 aromatic carbocycles. The van der Waals surface area contributed by atoms with Crippen molar-refractivity contribution in [1.29, 1.82) is 0 Å². The predicted octanol–water partition coefficient (Wildman–Crippen LogP) is 2.46. The first kappa shape index (κ1) is 11.6. The lowest BCUT2D eigenvalue weighted by Gasteiger charge is -2.04. The summed E-state index contributed by atoms with van der Waals surface area (Å²) in [5.41, 5.74) is 0.773. The smallest absolute Gasteiger partial charge is 0.257 e. The maximum atomic E-state index is 12.8. The summed E-state index contributed by atoms with van der Waals surface area (Å²) in [4.78, 5) is 11.8. The van der Waals surface area contributed by atoms with Crippen molar-refractivity contribution in [3.63, 3.8) is 0 Å². The van der Waals surface area contributed by atoms with Gasteiger partial charge in [-0.2, -0.15) is 5.10 Å². The Morgan fingerprint density at radius 3 is 2.88 bits per heavy atom. The molecule has 17 heavy (non-hydrogen) atoms. The van der Waals surface area contributed by atoms with Gasteiger partial charge in [-0.05, 0) is 18.2 Å². The molecule has 2 aromatic rings. The summed E-state index contributed by atoms with van der Waals surface area (Å²) in [6.07, 6.45) is 3.16. The molecule has 0 bridgehead atoms. The van der Waals surface area contributed by atoms with E-state index in [-0.39, 0.29) is 10.6 Å². The molecule has 0 aliphatic carbocycles. The van der Waals surface area contributed by atoms with E-state index in [2.05, 4.69) is 10.4 Å². The number of hydrogen-bond acceptors (Lipinski definition) is 2. The van der Waals surface area contributed by atoms with Crippen LogP contribution in [0.15, 0.2) is 30.6 Å². The fourth-order valence-electron chi connectivity index (χ4n) is 1.36. The van der Waals surface area contributed by atoms with Gasteiger partial charge in [-0.15, -0.1) is 0 Å². The van der Waals surface area contributed by atoms with E-state index in [1.54, 1.807) is 17.9 Å². The first-order valence-electron chi connectivity index (χ1n) is 4.81. The Morgan fingerprint density at radius 2 is 2.29 bits per heavy atom. The zero-order chi connectivity index (χ0) is 12.4. The van der Waals surface area contributed by atoms with E-state index in [1.807, 2.05) is 0 Å². The summed E-state index contributed by atoms with van der Waals surface area (Å²) in [6, 6.07) is 3.62. The molecule has 1 aromatic heterocycles. The summed E-state index contributed by atoms with van der Waals surface area (Å²) in [7, 11) is 1.74. The van der Waals surface area contributed by atoms with E-state index in [0.717, 1.165) is 6.07 Å². The summed E-state index contributed by atoms with van der Waals surface area (Å²) in [5.74, 6) is -0.879. The summed E-state index contributed by atoms with van der Waals surface area (Å²) in [5, 5.41) is 6.59. The molecule has 1 heterocycles. The van der Waals surface area contributed by atoms with Gasteiger partial charge in [0.15, 0.2) is 0 Å². The lowest BCUT2D eigenvalue weighted by atomic mass is 10.2. The summed E-state index contributed by atoms with van der Waals surface area (Å²) >= 11 is 5.77. The van der Waals surface area contributed by atoms with Crippen LogP contribution in [0.5, 0.6) is 0 Å². The second kappa shape index (κ2) is 4.55. The molecule has 0 saturated carbocycles. The van der Waals surface area contributed by atoms with Gasteiger partial charge in [0.1, 0.15) is 5.82 Å². The molecule has 1 N–H and O–H groups in total. The third kappa shape index (κ3) is 2.62. The molecule has 6 heteroatoms. The number of nitrogens with zero attached hydrogens (tertiary/aromatic N) is 2. The highest BCUT2D eigenvalue weighted by molar-refractivity contribution is 6.34. The van der Waals surface area contributed by atoms with Crippen LogP contribution in [-0.2, 0) is 7.05 Å². The second-order valence-electron chi connectivity index (χ2n) is 3.48. The van der Waals surface area contributed by atoms with Gasteiger partial charge in [-0.3, -0.25) is 9.48 Å². The van der Waals surface area contributed by atoms with E-state index in [4.69, 9.17) is 11.6 Å². The van der Waals surface area contributed by atoms with Gasteiger partial charge in [-0.1, -0.05) is 11.6 Å². The number of hydrogen-bond donors (Lipinski definition) is 1. The molecule has 0 fully saturated rings. The molecule has 4 nitrogen and oxygen atoms in total. The molecule has 0 radical (unpaired) electrons. The summed E-state index contributed by atoms with van der Waals surface area (Å²) < 4.78 is 14.4. The van der Waals surface area contributed by atoms with Crippen molar-refractivity contribution in [2.24, 2.45) is 7.05 Å². The van der Waals surface area contributed by atoms with Crippen molar-refractivity contribution in [2.75, 3.05) is 5.32 Å². The number of nitrogens with one attached hydrogen (secondary N) is 1. The Bertz CT molecular complexity index is 568. The SMILES string of the molecule is Cn1cc(NC(=O)c2ccc(F)cc2Cl)cn1. The molecule has 0 aliphatic rings. The predicted molar refractivity (Wildman–Crippen MR) is 62.6 cm³/mol. The fraction of sp³-hybridized carbons (Fsp3) is 0.0909. The molecule has 0 spiro atoms. The number of benzene rings is 1. The van der Waals surface area contributed by atoms with Crippen LogP contribution in [0.25, 0.3) is 0 Å². The van der Waals surface area contributed by atoms with Crippen LogP contribution in [0.1, 0.15) is 10.4 Å². The number of carbonyl (C=O) groups excluding carboxylic acids is 1. The second-order valence-corrected chi connectivity index (χ2v) is 3.89. The van der Waals surface area contributed by atoms with Gasteiger partial charge in [-0.25, -0.2) is 4.39 Å². The van der Waals surface area contributed by atoms with E-state index < -0.39 is 11.7 Å². The zero-order valence-corrected chi connectivity index (χ0v) is 9.70. The Morgan fingerprint density at radius 1 is 1.53 bits per heavy atom.